The lowest BCUT2D eigenvalue weighted by Crippen LogP contribution is -2.48. The van der Waals surface area contributed by atoms with Crippen LogP contribution in [0.2, 0.25) is 0 Å². The van der Waals surface area contributed by atoms with Crippen molar-refractivity contribution in [2.75, 3.05) is 0 Å². The second kappa shape index (κ2) is 10.4. The second-order valence-electron chi connectivity index (χ2n) is 8.17. The standard InChI is InChI=1S/C27H32N2/c1-5-13-24(14-6-1)21-28(22-25-15-7-2-8-16-25)29(27-19-11-4-12-20-27)23-26-17-9-3-10-18-26/h1-3,5-10,13-18,27H,4,11-12,19-23H2. The van der Waals surface area contributed by atoms with Crippen molar-refractivity contribution in [2.24, 2.45) is 0 Å². The molecule has 0 heterocycles. The molecule has 2 nitrogen and oxygen atoms in total. The smallest absolute Gasteiger partial charge is 0.0388 e. The van der Waals surface area contributed by atoms with E-state index in [-0.39, 0.29) is 0 Å². The average molecular weight is 385 g/mol. The van der Waals surface area contributed by atoms with Crippen molar-refractivity contribution in [1.82, 2.24) is 10.0 Å². The van der Waals surface area contributed by atoms with Gasteiger partial charge in [0.2, 0.25) is 0 Å². The number of hydrazine groups is 1. The average Bonchev–Trinajstić information content (AvgIpc) is 2.80. The molecule has 0 radical (unpaired) electrons. The molecule has 150 valence electrons. The van der Waals surface area contributed by atoms with Gasteiger partial charge in [0.25, 0.3) is 0 Å². The zero-order valence-corrected chi connectivity index (χ0v) is 17.3. The molecule has 1 aliphatic rings. The monoisotopic (exact) mass is 384 g/mol. The summed E-state index contributed by atoms with van der Waals surface area (Å²) in [7, 11) is 0. The molecule has 0 spiro atoms. The fourth-order valence-electron chi connectivity index (χ4n) is 4.44. The fraction of sp³-hybridized carbons (Fsp3) is 0.333. The molecular formula is C27H32N2. The van der Waals surface area contributed by atoms with E-state index in [0.29, 0.717) is 6.04 Å². The quantitative estimate of drug-likeness (QED) is 0.412. The lowest BCUT2D eigenvalue weighted by molar-refractivity contribution is -0.0927. The summed E-state index contributed by atoms with van der Waals surface area (Å²) in [6.07, 6.45) is 6.67. The SMILES string of the molecule is c1ccc(CN(Cc2ccccc2)N(Cc2ccccc2)C2CCCCC2)cc1. The molecular weight excluding hydrogens is 352 g/mol. The molecule has 0 bridgehead atoms. The van der Waals surface area contributed by atoms with E-state index in [1.165, 1.54) is 48.8 Å². The summed E-state index contributed by atoms with van der Waals surface area (Å²) in [6.45, 7) is 2.86. The van der Waals surface area contributed by atoms with Gasteiger partial charge in [0.15, 0.2) is 0 Å². The Balaban J connectivity index is 1.63. The predicted molar refractivity (Wildman–Crippen MR) is 121 cm³/mol. The van der Waals surface area contributed by atoms with E-state index in [1.54, 1.807) is 0 Å². The molecule has 0 amide bonds. The number of nitrogens with zero attached hydrogens (tertiary/aromatic N) is 2. The summed E-state index contributed by atoms with van der Waals surface area (Å²) < 4.78 is 0. The van der Waals surface area contributed by atoms with Gasteiger partial charge in [-0.1, -0.05) is 110 Å². The van der Waals surface area contributed by atoms with Crippen molar-refractivity contribution in [2.45, 2.75) is 57.8 Å². The summed E-state index contributed by atoms with van der Waals surface area (Å²) in [6, 6.07) is 33.4. The Morgan fingerprint density at radius 2 is 0.931 bits per heavy atom. The third kappa shape index (κ3) is 5.79. The largest absolute Gasteiger partial charge is 0.234 e. The van der Waals surface area contributed by atoms with Gasteiger partial charge in [0, 0.05) is 25.7 Å². The molecule has 3 aromatic carbocycles. The molecule has 1 aliphatic carbocycles. The Hall–Kier alpha value is -2.42. The Morgan fingerprint density at radius 1 is 0.517 bits per heavy atom. The summed E-state index contributed by atoms with van der Waals surface area (Å²) >= 11 is 0. The first-order valence-corrected chi connectivity index (χ1v) is 11.0. The number of rotatable bonds is 8. The van der Waals surface area contributed by atoms with Gasteiger partial charge < -0.3 is 0 Å². The zero-order valence-electron chi connectivity index (χ0n) is 17.3. The maximum absolute atomic E-state index is 2.68. The normalized spacial score (nSPS) is 15.1. The van der Waals surface area contributed by atoms with Crippen molar-refractivity contribution in [3.05, 3.63) is 108 Å². The molecule has 29 heavy (non-hydrogen) atoms. The van der Waals surface area contributed by atoms with Crippen molar-refractivity contribution in [1.29, 1.82) is 0 Å². The van der Waals surface area contributed by atoms with E-state index in [1.807, 2.05) is 0 Å². The minimum atomic E-state index is 0.622. The van der Waals surface area contributed by atoms with Gasteiger partial charge in [-0.05, 0) is 29.5 Å². The molecule has 3 aromatic rings. The van der Waals surface area contributed by atoms with Crippen LogP contribution >= 0.6 is 0 Å². The zero-order chi connectivity index (χ0) is 19.7. The first kappa shape index (κ1) is 19.9. The maximum Gasteiger partial charge on any atom is 0.0388 e. The van der Waals surface area contributed by atoms with E-state index in [0.717, 1.165) is 19.6 Å². The predicted octanol–water partition coefficient (Wildman–Crippen LogP) is 6.44. The number of hydrogen-bond acceptors (Lipinski definition) is 2. The van der Waals surface area contributed by atoms with E-state index in [9.17, 15) is 0 Å². The minimum Gasteiger partial charge on any atom is -0.234 e. The fourth-order valence-corrected chi connectivity index (χ4v) is 4.44. The van der Waals surface area contributed by atoms with Crippen LogP contribution in [0.15, 0.2) is 91.0 Å². The van der Waals surface area contributed by atoms with Crippen LogP contribution in [0.1, 0.15) is 48.8 Å². The molecule has 0 atom stereocenters. The Bertz CT molecular complexity index is 785. The molecule has 2 heteroatoms. The van der Waals surface area contributed by atoms with Gasteiger partial charge >= 0.3 is 0 Å². The van der Waals surface area contributed by atoms with Crippen LogP contribution in [0.25, 0.3) is 0 Å². The van der Waals surface area contributed by atoms with Crippen molar-refractivity contribution < 1.29 is 0 Å². The summed E-state index contributed by atoms with van der Waals surface area (Å²) in [5.74, 6) is 0. The van der Waals surface area contributed by atoms with Crippen molar-refractivity contribution in [3.8, 4) is 0 Å². The molecule has 1 saturated carbocycles. The maximum atomic E-state index is 2.68. The molecule has 4 rings (SSSR count). The number of benzene rings is 3. The highest BCUT2D eigenvalue weighted by Gasteiger charge is 2.26. The third-order valence-corrected chi connectivity index (χ3v) is 5.96. The highest BCUT2D eigenvalue weighted by Crippen LogP contribution is 2.27. The van der Waals surface area contributed by atoms with Crippen LogP contribution in [0.5, 0.6) is 0 Å². The lowest BCUT2D eigenvalue weighted by Gasteiger charge is -2.42. The summed E-state index contributed by atoms with van der Waals surface area (Å²) in [4.78, 5) is 0. The minimum absolute atomic E-state index is 0.622. The first-order valence-electron chi connectivity index (χ1n) is 11.0. The Kier molecular flexibility index (Phi) is 7.12. The first-order chi connectivity index (χ1) is 14.4. The highest BCUT2D eigenvalue weighted by atomic mass is 15.6. The van der Waals surface area contributed by atoms with Gasteiger partial charge in [-0.15, -0.1) is 0 Å². The molecule has 0 aliphatic heterocycles. The van der Waals surface area contributed by atoms with Crippen LogP contribution in [0.4, 0.5) is 0 Å². The summed E-state index contributed by atoms with van der Waals surface area (Å²) in [5, 5.41) is 5.27. The molecule has 0 saturated heterocycles. The third-order valence-electron chi connectivity index (χ3n) is 5.96. The van der Waals surface area contributed by atoms with Gasteiger partial charge in [-0.25, -0.2) is 10.0 Å². The van der Waals surface area contributed by atoms with Gasteiger partial charge in [0.05, 0.1) is 0 Å². The highest BCUT2D eigenvalue weighted by molar-refractivity contribution is 5.18. The molecule has 0 N–H and O–H groups in total. The topological polar surface area (TPSA) is 6.48 Å². The van der Waals surface area contributed by atoms with Gasteiger partial charge in [-0.3, -0.25) is 0 Å². The summed E-state index contributed by atoms with van der Waals surface area (Å²) in [5.41, 5.74) is 4.14. The van der Waals surface area contributed by atoms with Gasteiger partial charge in [0.1, 0.15) is 0 Å². The van der Waals surface area contributed by atoms with Crippen LogP contribution in [0.3, 0.4) is 0 Å². The molecule has 0 aromatic heterocycles. The molecule has 1 fully saturated rings. The van der Waals surface area contributed by atoms with Crippen molar-refractivity contribution in [3.63, 3.8) is 0 Å². The second-order valence-corrected chi connectivity index (χ2v) is 8.17. The Morgan fingerprint density at radius 3 is 1.38 bits per heavy atom. The van der Waals surface area contributed by atoms with E-state index < -0.39 is 0 Å². The van der Waals surface area contributed by atoms with Crippen LogP contribution in [-0.4, -0.2) is 16.1 Å². The molecule has 0 unspecified atom stereocenters. The van der Waals surface area contributed by atoms with Gasteiger partial charge in [-0.2, -0.15) is 0 Å². The van der Waals surface area contributed by atoms with Crippen LogP contribution in [0, 0.1) is 0 Å². The van der Waals surface area contributed by atoms with Crippen molar-refractivity contribution >= 4 is 0 Å². The van der Waals surface area contributed by atoms with E-state index in [4.69, 9.17) is 0 Å². The van der Waals surface area contributed by atoms with Crippen LogP contribution in [-0.2, 0) is 19.6 Å². The number of hydrogen-bond donors (Lipinski definition) is 0. The van der Waals surface area contributed by atoms with E-state index >= 15 is 0 Å². The van der Waals surface area contributed by atoms with Crippen LogP contribution < -0.4 is 0 Å². The Labute approximate surface area is 175 Å². The van der Waals surface area contributed by atoms with E-state index in [2.05, 4.69) is 101 Å². The lowest BCUT2D eigenvalue weighted by atomic mass is 9.94.